The van der Waals surface area contributed by atoms with Crippen molar-refractivity contribution in [3.63, 3.8) is 0 Å². The highest BCUT2D eigenvalue weighted by Crippen LogP contribution is 2.33. The Balaban J connectivity index is 2.08. The number of benzene rings is 1. The summed E-state index contributed by atoms with van der Waals surface area (Å²) in [5, 5.41) is 3.80. The number of hydrogen-bond donors (Lipinski definition) is 1. The minimum absolute atomic E-state index is 0.371. The molecule has 16 heavy (non-hydrogen) atoms. The maximum Gasteiger partial charge on any atom is 0.0224 e. The number of rotatable bonds is 4. The molecule has 88 valence electrons. The van der Waals surface area contributed by atoms with Crippen molar-refractivity contribution in [1.29, 1.82) is 0 Å². The van der Waals surface area contributed by atoms with Gasteiger partial charge >= 0.3 is 0 Å². The van der Waals surface area contributed by atoms with Crippen LogP contribution in [0.1, 0.15) is 45.1 Å². The van der Waals surface area contributed by atoms with Crippen LogP contribution in [-0.4, -0.2) is 11.6 Å². The van der Waals surface area contributed by atoms with Gasteiger partial charge in [0, 0.05) is 11.6 Å². The molecule has 1 fully saturated rings. The van der Waals surface area contributed by atoms with Crippen molar-refractivity contribution in [2.75, 3.05) is 0 Å². The zero-order chi connectivity index (χ0) is 11.4. The summed E-state index contributed by atoms with van der Waals surface area (Å²) in [5.74, 6) is 0. The fraction of sp³-hybridized carbons (Fsp3) is 0.600. The Bertz CT molecular complexity index is 309. The molecule has 0 spiro atoms. The van der Waals surface area contributed by atoms with E-state index < -0.39 is 0 Å². The van der Waals surface area contributed by atoms with Crippen molar-refractivity contribution in [3.8, 4) is 0 Å². The molecular formula is C15H23N. The van der Waals surface area contributed by atoms with Gasteiger partial charge in [-0.15, -0.1) is 0 Å². The van der Waals surface area contributed by atoms with Gasteiger partial charge in [-0.1, -0.05) is 57.0 Å². The minimum atomic E-state index is 0.371. The second-order valence-electron chi connectivity index (χ2n) is 5.45. The molecule has 0 aliphatic heterocycles. The van der Waals surface area contributed by atoms with E-state index in [2.05, 4.69) is 49.5 Å². The number of hydrogen-bond acceptors (Lipinski definition) is 1. The summed E-state index contributed by atoms with van der Waals surface area (Å²) in [6, 6.07) is 11.5. The first kappa shape index (κ1) is 11.7. The van der Waals surface area contributed by atoms with E-state index in [9.17, 15) is 0 Å². The van der Waals surface area contributed by atoms with Crippen LogP contribution in [0, 0.1) is 0 Å². The second-order valence-corrected chi connectivity index (χ2v) is 5.45. The van der Waals surface area contributed by atoms with Crippen molar-refractivity contribution in [2.45, 2.75) is 57.5 Å². The van der Waals surface area contributed by atoms with Crippen LogP contribution in [-0.2, 0) is 6.42 Å². The smallest absolute Gasteiger partial charge is 0.0224 e. The maximum absolute atomic E-state index is 3.80. The molecule has 0 radical (unpaired) electrons. The molecule has 1 aliphatic rings. The Morgan fingerprint density at radius 2 is 1.75 bits per heavy atom. The quantitative estimate of drug-likeness (QED) is 0.813. The van der Waals surface area contributed by atoms with E-state index in [4.69, 9.17) is 0 Å². The van der Waals surface area contributed by atoms with Crippen molar-refractivity contribution in [2.24, 2.45) is 0 Å². The van der Waals surface area contributed by atoms with Crippen LogP contribution in [0.3, 0.4) is 0 Å². The van der Waals surface area contributed by atoms with Crippen molar-refractivity contribution >= 4 is 0 Å². The molecule has 1 nitrogen and oxygen atoms in total. The molecule has 1 heteroatoms. The molecule has 0 atom stereocenters. The highest BCUT2D eigenvalue weighted by molar-refractivity contribution is 5.18. The average molecular weight is 217 g/mol. The summed E-state index contributed by atoms with van der Waals surface area (Å²) in [7, 11) is 0. The van der Waals surface area contributed by atoms with Crippen LogP contribution in [0.2, 0.25) is 0 Å². The van der Waals surface area contributed by atoms with Gasteiger partial charge in [0.05, 0.1) is 0 Å². The van der Waals surface area contributed by atoms with E-state index in [1.807, 2.05) is 0 Å². The second kappa shape index (κ2) is 5.01. The van der Waals surface area contributed by atoms with Crippen LogP contribution in [0.25, 0.3) is 0 Å². The van der Waals surface area contributed by atoms with Gasteiger partial charge in [0.15, 0.2) is 0 Å². The summed E-state index contributed by atoms with van der Waals surface area (Å²) in [6.07, 6.45) is 6.62. The molecule has 2 rings (SSSR count). The van der Waals surface area contributed by atoms with E-state index in [1.165, 1.54) is 37.7 Å². The lowest BCUT2D eigenvalue weighted by Gasteiger charge is -2.33. The highest BCUT2D eigenvalue weighted by atomic mass is 15.0. The molecular weight excluding hydrogens is 194 g/mol. The van der Waals surface area contributed by atoms with Gasteiger partial charge in [-0.3, -0.25) is 0 Å². The Morgan fingerprint density at radius 3 is 2.31 bits per heavy atom. The predicted molar refractivity (Wildman–Crippen MR) is 69.6 cm³/mol. The van der Waals surface area contributed by atoms with Gasteiger partial charge in [-0.2, -0.15) is 0 Å². The van der Waals surface area contributed by atoms with E-state index in [-0.39, 0.29) is 0 Å². The summed E-state index contributed by atoms with van der Waals surface area (Å²) in [4.78, 5) is 0. The number of nitrogens with one attached hydrogen (secondary N) is 1. The molecule has 0 heterocycles. The van der Waals surface area contributed by atoms with Crippen molar-refractivity contribution < 1.29 is 0 Å². The van der Waals surface area contributed by atoms with Gasteiger partial charge in [0.1, 0.15) is 0 Å². The zero-order valence-corrected chi connectivity index (χ0v) is 10.5. The predicted octanol–water partition coefficient (Wildman–Crippen LogP) is 3.54. The average Bonchev–Trinajstić information content (AvgIpc) is 2.66. The molecule has 1 N–H and O–H groups in total. The summed E-state index contributed by atoms with van der Waals surface area (Å²) >= 11 is 0. The zero-order valence-electron chi connectivity index (χ0n) is 10.5. The molecule has 1 aromatic carbocycles. The van der Waals surface area contributed by atoms with E-state index in [0.29, 0.717) is 11.6 Å². The first-order valence-corrected chi connectivity index (χ1v) is 6.52. The standard InChI is InChI=1S/C15H23N/c1-13(2)16-15(10-6-7-11-15)12-14-8-4-3-5-9-14/h3-5,8-9,13,16H,6-7,10-12H2,1-2H3. The van der Waals surface area contributed by atoms with Crippen LogP contribution >= 0.6 is 0 Å². The van der Waals surface area contributed by atoms with Crippen LogP contribution in [0.4, 0.5) is 0 Å². The molecule has 1 aromatic rings. The van der Waals surface area contributed by atoms with Gasteiger partial charge in [-0.25, -0.2) is 0 Å². The fourth-order valence-corrected chi connectivity index (χ4v) is 3.02. The maximum atomic E-state index is 3.80. The van der Waals surface area contributed by atoms with E-state index in [0.717, 1.165) is 0 Å². The third-order valence-electron chi connectivity index (χ3n) is 3.54. The molecule has 1 aliphatic carbocycles. The minimum Gasteiger partial charge on any atom is -0.309 e. The Morgan fingerprint density at radius 1 is 1.12 bits per heavy atom. The third kappa shape index (κ3) is 2.85. The lowest BCUT2D eigenvalue weighted by Crippen LogP contribution is -2.48. The summed E-state index contributed by atoms with van der Waals surface area (Å²) < 4.78 is 0. The summed E-state index contributed by atoms with van der Waals surface area (Å²) in [6.45, 7) is 4.51. The fourth-order valence-electron chi connectivity index (χ4n) is 3.02. The van der Waals surface area contributed by atoms with Crippen LogP contribution in [0.5, 0.6) is 0 Å². The van der Waals surface area contributed by atoms with Crippen LogP contribution in [0.15, 0.2) is 30.3 Å². The Labute approximate surface area is 99.3 Å². The van der Waals surface area contributed by atoms with Gasteiger partial charge in [-0.05, 0) is 24.8 Å². The van der Waals surface area contributed by atoms with Crippen LogP contribution < -0.4 is 5.32 Å². The normalized spacial score (nSPS) is 19.2. The lowest BCUT2D eigenvalue weighted by atomic mass is 9.88. The molecule has 0 aromatic heterocycles. The first-order chi connectivity index (χ1) is 7.70. The molecule has 0 unspecified atom stereocenters. The van der Waals surface area contributed by atoms with Gasteiger partial charge in [0.25, 0.3) is 0 Å². The van der Waals surface area contributed by atoms with E-state index >= 15 is 0 Å². The summed E-state index contributed by atoms with van der Waals surface area (Å²) in [5.41, 5.74) is 1.84. The monoisotopic (exact) mass is 217 g/mol. The molecule has 0 amide bonds. The van der Waals surface area contributed by atoms with Crippen molar-refractivity contribution in [1.82, 2.24) is 5.32 Å². The third-order valence-corrected chi connectivity index (χ3v) is 3.54. The Hall–Kier alpha value is -0.820. The van der Waals surface area contributed by atoms with Gasteiger partial charge in [0.2, 0.25) is 0 Å². The highest BCUT2D eigenvalue weighted by Gasteiger charge is 2.33. The molecule has 0 saturated heterocycles. The van der Waals surface area contributed by atoms with Crippen molar-refractivity contribution in [3.05, 3.63) is 35.9 Å². The first-order valence-electron chi connectivity index (χ1n) is 6.52. The topological polar surface area (TPSA) is 12.0 Å². The lowest BCUT2D eigenvalue weighted by molar-refractivity contribution is 0.302. The Kier molecular flexibility index (Phi) is 3.65. The SMILES string of the molecule is CC(C)NC1(Cc2ccccc2)CCCC1. The van der Waals surface area contributed by atoms with E-state index in [1.54, 1.807) is 0 Å². The van der Waals surface area contributed by atoms with Gasteiger partial charge < -0.3 is 5.32 Å². The molecule has 0 bridgehead atoms. The molecule has 1 saturated carbocycles. The largest absolute Gasteiger partial charge is 0.309 e.